The van der Waals surface area contributed by atoms with Gasteiger partial charge < -0.3 is 4.74 Å². The van der Waals surface area contributed by atoms with E-state index in [1.54, 1.807) is 0 Å². The van der Waals surface area contributed by atoms with Gasteiger partial charge in [-0.15, -0.1) is 0 Å². The van der Waals surface area contributed by atoms with Crippen LogP contribution in [0.1, 0.15) is 5.56 Å². The molecule has 5 nitrogen and oxygen atoms in total. The van der Waals surface area contributed by atoms with Crippen molar-refractivity contribution in [3.05, 3.63) is 35.9 Å². The average molecular weight is 250 g/mol. The van der Waals surface area contributed by atoms with Crippen LogP contribution in [0.2, 0.25) is 0 Å². The molecule has 1 aliphatic rings. The molecule has 0 saturated carbocycles. The van der Waals surface area contributed by atoms with Gasteiger partial charge in [-0.2, -0.15) is 0 Å². The van der Waals surface area contributed by atoms with Crippen LogP contribution in [0.15, 0.2) is 30.3 Å². The van der Waals surface area contributed by atoms with Crippen LogP contribution < -0.4 is 4.74 Å². The van der Waals surface area contributed by atoms with E-state index in [0.29, 0.717) is 6.61 Å². The summed E-state index contributed by atoms with van der Waals surface area (Å²) in [6, 6.07) is 8.03. The van der Waals surface area contributed by atoms with E-state index >= 15 is 0 Å². The molecule has 0 amide bonds. The molecule has 0 unspecified atom stereocenters. The third kappa shape index (κ3) is 5.30. The predicted molar refractivity (Wildman–Crippen MR) is 46.8 cm³/mol. The standard InChI is InChI=1S/C9H8O.Cr.2H2O.2O/c1-2-6-9-8(4-1)5-3-7-10-9;;;;;/h1-6H,7H2;;2*1H2;;/q;+2;;;;/p-2. The van der Waals surface area contributed by atoms with Crippen LogP contribution in [0.25, 0.3) is 6.08 Å². The van der Waals surface area contributed by atoms with E-state index in [0.717, 1.165) is 5.75 Å². The molecule has 1 aromatic carbocycles. The van der Waals surface area contributed by atoms with E-state index in [1.807, 2.05) is 30.3 Å². The summed E-state index contributed by atoms with van der Waals surface area (Å²) in [7, 11) is 0. The molecule has 0 aromatic heterocycles. The fourth-order valence-corrected chi connectivity index (χ4v) is 1.06. The molecule has 0 fully saturated rings. The van der Waals surface area contributed by atoms with Crippen molar-refractivity contribution in [2.24, 2.45) is 0 Å². The molecule has 0 saturated heterocycles. The molecular formula is C9H10CrO5. The normalized spacial score (nSPS) is 13.2. The third-order valence-electron chi connectivity index (χ3n) is 1.55. The minimum absolute atomic E-state index is 0.705. The molecule has 6 heteroatoms. The van der Waals surface area contributed by atoms with Gasteiger partial charge in [-0.05, 0) is 12.1 Å². The Kier molecular flexibility index (Phi) is 4.00. The molecule has 0 spiro atoms. The number of hydrogen-bond donors (Lipinski definition) is 2. The summed E-state index contributed by atoms with van der Waals surface area (Å²) < 4.78 is 37.2. The van der Waals surface area contributed by atoms with Crippen molar-refractivity contribution >= 4 is 6.08 Å². The monoisotopic (exact) mass is 250 g/mol. The summed E-state index contributed by atoms with van der Waals surface area (Å²) in [5.74, 6) is 0.991. The number of para-hydroxylation sites is 1. The number of benzene rings is 1. The summed E-state index contributed by atoms with van der Waals surface area (Å²) in [6.07, 6.45) is 4.10. The van der Waals surface area contributed by atoms with Gasteiger partial charge in [0.25, 0.3) is 0 Å². The van der Waals surface area contributed by atoms with Crippen LogP contribution in [0.5, 0.6) is 5.75 Å². The second kappa shape index (κ2) is 5.05. The molecule has 2 N–H and O–H groups in total. The van der Waals surface area contributed by atoms with Crippen molar-refractivity contribution in [2.45, 2.75) is 0 Å². The molecule has 2 rings (SSSR count). The van der Waals surface area contributed by atoms with E-state index in [1.165, 1.54) is 5.56 Å². The fourth-order valence-electron chi connectivity index (χ4n) is 1.06. The molecule has 15 heavy (non-hydrogen) atoms. The summed E-state index contributed by atoms with van der Waals surface area (Å²) in [4.78, 5) is 0. The molecule has 1 heterocycles. The first kappa shape index (κ1) is 11.9. The first-order chi connectivity index (χ1) is 6.97. The molecule has 0 bridgehead atoms. The Morgan fingerprint density at radius 1 is 1.20 bits per heavy atom. The van der Waals surface area contributed by atoms with E-state index in [9.17, 15) is 0 Å². The zero-order valence-corrected chi connectivity index (χ0v) is 8.97. The Labute approximate surface area is 89.0 Å². The zero-order valence-electron chi connectivity index (χ0n) is 7.70. The zero-order chi connectivity index (χ0) is 11.3. The van der Waals surface area contributed by atoms with Gasteiger partial charge >= 0.3 is 29.5 Å². The summed E-state index contributed by atoms with van der Waals surface area (Å²) in [5, 5.41) is 0. The second-order valence-corrected chi connectivity index (χ2v) is 4.10. The van der Waals surface area contributed by atoms with Crippen molar-refractivity contribution in [2.75, 3.05) is 6.61 Å². The summed E-state index contributed by atoms with van der Waals surface area (Å²) >= 11 is -5.25. The summed E-state index contributed by atoms with van der Waals surface area (Å²) in [5.41, 5.74) is 1.17. The summed E-state index contributed by atoms with van der Waals surface area (Å²) in [6.45, 7) is 0.705. The fraction of sp³-hybridized carbons (Fsp3) is 0.111. The van der Waals surface area contributed by atoms with Gasteiger partial charge in [0.1, 0.15) is 12.4 Å². The number of ether oxygens (including phenoxy) is 1. The van der Waals surface area contributed by atoms with Crippen LogP contribution in [-0.4, -0.2) is 14.9 Å². The topological polar surface area (TPSA) is 83.8 Å². The Bertz CT molecular complexity index is 441. The maximum atomic E-state index is 8.82. The van der Waals surface area contributed by atoms with Gasteiger partial charge in [-0.25, -0.2) is 0 Å². The van der Waals surface area contributed by atoms with Crippen molar-refractivity contribution in [1.82, 2.24) is 0 Å². The second-order valence-electron chi connectivity index (χ2n) is 2.70. The molecule has 1 aliphatic heterocycles. The molecule has 1 aromatic rings. The van der Waals surface area contributed by atoms with E-state index in [4.69, 9.17) is 20.7 Å². The SMILES string of the molecule is C1=Cc2ccccc2OC1.[O]=[Cr](=[O])([OH])[OH]. The van der Waals surface area contributed by atoms with Gasteiger partial charge in [0.15, 0.2) is 0 Å². The first-order valence-electron chi connectivity index (χ1n) is 4.05. The molecule has 0 atom stereocenters. The van der Waals surface area contributed by atoms with Crippen LogP contribution in [0, 0.1) is 0 Å². The molecular weight excluding hydrogens is 240 g/mol. The Hall–Kier alpha value is -1.19. The first-order valence-corrected chi connectivity index (χ1v) is 6.23. The van der Waals surface area contributed by atoms with Gasteiger partial charge in [-0.3, -0.25) is 0 Å². The maximum absolute atomic E-state index is 8.82. The minimum atomic E-state index is -5.25. The molecule has 0 radical (unpaired) electrons. The third-order valence-corrected chi connectivity index (χ3v) is 1.55. The number of fused-ring (bicyclic) bond motifs is 1. The Morgan fingerprint density at radius 2 is 1.80 bits per heavy atom. The Morgan fingerprint density at radius 3 is 2.40 bits per heavy atom. The van der Waals surface area contributed by atoms with Gasteiger partial charge in [0, 0.05) is 5.56 Å². The van der Waals surface area contributed by atoms with Crippen LogP contribution >= 0.6 is 0 Å². The van der Waals surface area contributed by atoms with E-state index < -0.39 is 13.6 Å². The molecule has 0 aliphatic carbocycles. The van der Waals surface area contributed by atoms with E-state index in [-0.39, 0.29) is 0 Å². The number of rotatable bonds is 0. The quantitative estimate of drug-likeness (QED) is 0.709. The van der Waals surface area contributed by atoms with E-state index in [2.05, 4.69) is 6.08 Å². The van der Waals surface area contributed by atoms with Crippen molar-refractivity contribution in [1.29, 1.82) is 0 Å². The average Bonchev–Trinajstić information content (AvgIpc) is 2.16. The van der Waals surface area contributed by atoms with Gasteiger partial charge in [-0.1, -0.05) is 24.3 Å². The van der Waals surface area contributed by atoms with Crippen molar-refractivity contribution < 1.29 is 34.3 Å². The van der Waals surface area contributed by atoms with Crippen LogP contribution in [0.4, 0.5) is 0 Å². The number of hydrogen-bond acceptors (Lipinski definition) is 3. The molecule has 82 valence electrons. The van der Waals surface area contributed by atoms with Crippen molar-refractivity contribution in [3.8, 4) is 5.75 Å². The van der Waals surface area contributed by atoms with Crippen LogP contribution in [0.3, 0.4) is 0 Å². The van der Waals surface area contributed by atoms with Crippen molar-refractivity contribution in [3.63, 3.8) is 0 Å². The van der Waals surface area contributed by atoms with Gasteiger partial charge in [0.2, 0.25) is 0 Å². The van der Waals surface area contributed by atoms with Gasteiger partial charge in [0.05, 0.1) is 0 Å². The van der Waals surface area contributed by atoms with Crippen LogP contribution in [-0.2, 0) is 21.2 Å². The Balaban J connectivity index is 0.000000195. The predicted octanol–water partition coefficient (Wildman–Crippen LogP) is 0.738.